The van der Waals surface area contributed by atoms with Crippen LogP contribution in [-0.2, 0) is 43.0 Å². The van der Waals surface area contributed by atoms with Crippen LogP contribution in [0.1, 0.15) is 73.6 Å². The summed E-state index contributed by atoms with van der Waals surface area (Å²) in [7, 11) is 6.87. The summed E-state index contributed by atoms with van der Waals surface area (Å²) >= 11 is 1.47. The molecular weight excluding hydrogens is 649 g/mol. The van der Waals surface area contributed by atoms with Gasteiger partial charge in [0.2, 0.25) is 0 Å². The molecule has 2 saturated carbocycles. The van der Waals surface area contributed by atoms with Gasteiger partial charge in [-0.25, -0.2) is 18.8 Å². The maximum atomic E-state index is 14.6. The third kappa shape index (κ3) is 4.62. The quantitative estimate of drug-likeness (QED) is 0.459. The van der Waals surface area contributed by atoms with E-state index in [1.807, 2.05) is 18.4 Å². The molecule has 2 fully saturated rings. The van der Waals surface area contributed by atoms with Gasteiger partial charge in [0.05, 0.1) is 12.2 Å². The molecule has 49 heavy (non-hydrogen) atoms. The predicted octanol–water partition coefficient (Wildman–Crippen LogP) is 5.28. The molecule has 6 aliphatic rings. The van der Waals surface area contributed by atoms with Crippen LogP contribution in [-0.4, -0.2) is 79.5 Å². The standard InChI is InChI=1S/C19H23FN2O2S.C18H22FN3O2/c1-22-16(23)19(21-17(22)25-3)14-5-4-6-15(20)13(14)11-18(19)9-7-12(24-2)8-10-18;1-22-15(23)18(21-16(22)20)13-4-3-5-14(19)12(13)10-17(18)8-6-11(24-2)7-9-17/h4-6,12H,7-11H2,1-3H3;3-5,11H,6-10H2,1-2H3,(H2,20,21). The zero-order chi connectivity index (χ0) is 34.9. The Morgan fingerprint density at radius 3 is 1.55 bits per heavy atom. The molecule has 0 aromatic heterocycles. The van der Waals surface area contributed by atoms with Crippen molar-refractivity contribution in [3.63, 3.8) is 0 Å². The van der Waals surface area contributed by atoms with Gasteiger partial charge in [-0.05, 0) is 105 Å². The molecule has 0 saturated heterocycles. The largest absolute Gasteiger partial charge is 0.381 e. The molecule has 2 unspecified atom stereocenters. The summed E-state index contributed by atoms with van der Waals surface area (Å²) in [4.78, 5) is 39.3. The van der Waals surface area contributed by atoms with Crippen molar-refractivity contribution in [3.05, 3.63) is 70.3 Å². The number of hydrogen-bond acceptors (Lipinski definition) is 8. The van der Waals surface area contributed by atoms with E-state index in [1.54, 1.807) is 45.3 Å². The lowest BCUT2D eigenvalue weighted by molar-refractivity contribution is -0.138. The van der Waals surface area contributed by atoms with E-state index in [0.29, 0.717) is 29.5 Å². The number of thioether (sulfide) groups is 1. The number of fused-ring (bicyclic) bond motifs is 6. The lowest BCUT2D eigenvalue weighted by Crippen LogP contribution is -2.51. The van der Waals surface area contributed by atoms with Gasteiger partial charge in [-0.15, -0.1) is 0 Å². The van der Waals surface area contributed by atoms with Crippen molar-refractivity contribution in [3.8, 4) is 0 Å². The summed E-state index contributed by atoms with van der Waals surface area (Å²) in [6, 6.07) is 10.1. The average molecular weight is 694 g/mol. The van der Waals surface area contributed by atoms with E-state index in [1.165, 1.54) is 28.8 Å². The molecular formula is C37H45F2N5O4S. The minimum atomic E-state index is -1.08. The fourth-order valence-corrected chi connectivity index (χ4v) is 10.5. The number of amides is 2. The highest BCUT2D eigenvalue weighted by Crippen LogP contribution is 2.63. The highest BCUT2D eigenvalue weighted by molar-refractivity contribution is 8.13. The zero-order valence-electron chi connectivity index (χ0n) is 28.9. The number of hydrogen-bond donors (Lipinski definition) is 1. The molecule has 2 N–H and O–H groups in total. The second kappa shape index (κ2) is 12.2. The number of aliphatic imine (C=N–C) groups is 2. The molecule has 12 heteroatoms. The van der Waals surface area contributed by atoms with Crippen molar-refractivity contribution in [1.82, 2.24) is 9.80 Å². The van der Waals surface area contributed by atoms with Crippen molar-refractivity contribution >= 4 is 34.7 Å². The van der Waals surface area contributed by atoms with Gasteiger partial charge in [0.1, 0.15) is 11.6 Å². The van der Waals surface area contributed by atoms with Crippen LogP contribution in [0.5, 0.6) is 0 Å². The molecule has 4 spiro atoms. The molecule has 2 amide bonds. The first kappa shape index (κ1) is 34.1. The molecule has 4 aliphatic carbocycles. The lowest BCUT2D eigenvalue weighted by Gasteiger charge is -2.45. The summed E-state index contributed by atoms with van der Waals surface area (Å²) in [5, 5.41) is 0.718. The van der Waals surface area contributed by atoms with Gasteiger partial charge in [0.15, 0.2) is 22.2 Å². The Morgan fingerprint density at radius 2 is 1.18 bits per heavy atom. The highest BCUT2D eigenvalue weighted by atomic mass is 32.2. The Kier molecular flexibility index (Phi) is 8.46. The van der Waals surface area contributed by atoms with Crippen molar-refractivity contribution in [2.75, 3.05) is 34.6 Å². The predicted molar refractivity (Wildman–Crippen MR) is 185 cm³/mol. The average Bonchev–Trinajstić information content (AvgIpc) is 3.73. The number of amidine groups is 1. The molecule has 2 aromatic rings. The van der Waals surface area contributed by atoms with Crippen LogP contribution in [0.15, 0.2) is 46.4 Å². The molecule has 2 heterocycles. The number of guanidine groups is 1. The van der Waals surface area contributed by atoms with Gasteiger partial charge in [-0.2, -0.15) is 0 Å². The van der Waals surface area contributed by atoms with E-state index >= 15 is 0 Å². The van der Waals surface area contributed by atoms with Crippen molar-refractivity contribution in [2.24, 2.45) is 26.5 Å². The van der Waals surface area contributed by atoms with Crippen LogP contribution in [0.4, 0.5) is 8.78 Å². The number of rotatable bonds is 2. The van der Waals surface area contributed by atoms with E-state index in [-0.39, 0.29) is 47.0 Å². The normalized spacial score (nSPS) is 34.5. The van der Waals surface area contributed by atoms with Crippen LogP contribution in [0, 0.1) is 22.5 Å². The van der Waals surface area contributed by atoms with Crippen molar-refractivity contribution < 1.29 is 27.8 Å². The maximum Gasteiger partial charge on any atom is 0.262 e. The molecule has 8 rings (SSSR count). The fraction of sp³-hybridized carbons (Fsp3) is 0.568. The third-order valence-electron chi connectivity index (χ3n) is 12.6. The lowest BCUT2D eigenvalue weighted by atomic mass is 9.61. The van der Waals surface area contributed by atoms with E-state index in [4.69, 9.17) is 20.2 Å². The Hall–Kier alpha value is -3.35. The van der Waals surface area contributed by atoms with Gasteiger partial charge in [0.25, 0.3) is 11.8 Å². The summed E-state index contributed by atoms with van der Waals surface area (Å²) in [5.41, 5.74) is 5.92. The Labute approximate surface area is 290 Å². The second-order valence-corrected chi connectivity index (χ2v) is 15.3. The van der Waals surface area contributed by atoms with Crippen LogP contribution < -0.4 is 5.73 Å². The minimum absolute atomic E-state index is 0.0166. The number of likely N-dealkylation sites (N-methyl/N-ethyl adjacent to an activating group) is 2. The highest BCUT2D eigenvalue weighted by Gasteiger charge is 2.68. The Balaban J connectivity index is 0.000000154. The second-order valence-electron chi connectivity index (χ2n) is 14.5. The molecule has 0 radical (unpaired) electrons. The van der Waals surface area contributed by atoms with E-state index in [9.17, 15) is 18.4 Å². The number of benzene rings is 2. The van der Waals surface area contributed by atoms with E-state index in [2.05, 4.69) is 4.99 Å². The van der Waals surface area contributed by atoms with Crippen molar-refractivity contribution in [1.29, 1.82) is 0 Å². The van der Waals surface area contributed by atoms with Crippen LogP contribution in [0.25, 0.3) is 0 Å². The topological polar surface area (TPSA) is 110 Å². The van der Waals surface area contributed by atoms with Gasteiger partial charge in [-0.3, -0.25) is 19.4 Å². The van der Waals surface area contributed by atoms with Crippen LogP contribution >= 0.6 is 11.8 Å². The van der Waals surface area contributed by atoms with Gasteiger partial charge in [-0.1, -0.05) is 36.0 Å². The molecule has 2 atom stereocenters. The number of nitrogens with two attached hydrogens (primary N) is 1. The molecule has 2 aliphatic heterocycles. The minimum Gasteiger partial charge on any atom is -0.381 e. The Morgan fingerprint density at radius 1 is 0.755 bits per heavy atom. The summed E-state index contributed by atoms with van der Waals surface area (Å²) in [6.45, 7) is 0. The maximum absolute atomic E-state index is 14.6. The molecule has 9 nitrogen and oxygen atoms in total. The van der Waals surface area contributed by atoms with Crippen molar-refractivity contribution in [2.45, 2.75) is 87.5 Å². The van der Waals surface area contributed by atoms with Crippen LogP contribution in [0.2, 0.25) is 0 Å². The van der Waals surface area contributed by atoms with E-state index in [0.717, 1.165) is 62.1 Å². The monoisotopic (exact) mass is 693 g/mol. The van der Waals surface area contributed by atoms with Gasteiger partial charge in [0, 0.05) is 39.1 Å². The summed E-state index contributed by atoms with van der Waals surface area (Å²) in [6.07, 6.45) is 10.1. The summed E-state index contributed by atoms with van der Waals surface area (Å²) in [5.74, 6) is -0.415. The molecule has 262 valence electrons. The first-order chi connectivity index (χ1) is 23.4. The molecule has 0 bridgehead atoms. The number of halogens is 2. The smallest absolute Gasteiger partial charge is 0.262 e. The van der Waals surface area contributed by atoms with Gasteiger partial charge >= 0.3 is 0 Å². The zero-order valence-corrected chi connectivity index (χ0v) is 29.7. The summed E-state index contributed by atoms with van der Waals surface area (Å²) < 4.78 is 40.1. The third-order valence-corrected chi connectivity index (χ3v) is 13.3. The Bertz CT molecular complexity index is 1750. The fourth-order valence-electron chi connectivity index (χ4n) is 9.96. The van der Waals surface area contributed by atoms with E-state index < -0.39 is 16.5 Å². The van der Waals surface area contributed by atoms with Crippen LogP contribution in [0.3, 0.4) is 0 Å². The number of ether oxygens (including phenoxy) is 2. The van der Waals surface area contributed by atoms with Gasteiger partial charge < -0.3 is 15.2 Å². The number of nitrogens with zero attached hydrogens (tertiary/aromatic N) is 4. The molecule has 2 aromatic carbocycles. The SMILES string of the molecule is COC1CCC2(CC1)Cc1c(F)cccc1C21N=C(N)N(C)C1=O.COC1CCC2(CC1)Cc1c(F)cccc1C21N=C(SC)N(C)C1=O. The number of carbonyl (C=O) groups is 2. The first-order valence-electron chi connectivity index (χ1n) is 17.1. The number of carbonyl (C=O) groups excluding carboxylic acids is 2. The first-order valence-corrected chi connectivity index (χ1v) is 18.3. The number of methoxy groups -OCH3 is 2.